The zero-order valence-electron chi connectivity index (χ0n) is 16.9. The van der Waals surface area contributed by atoms with Gasteiger partial charge in [-0.1, -0.05) is 24.3 Å². The summed E-state index contributed by atoms with van der Waals surface area (Å²) in [6.45, 7) is 4.50. The Labute approximate surface area is 167 Å². The van der Waals surface area contributed by atoms with Gasteiger partial charge in [-0.15, -0.1) is 0 Å². The Hall–Kier alpha value is -2.24. The average Bonchev–Trinajstić information content (AvgIpc) is 3.01. The molecule has 5 heteroatoms. The topological polar surface area (TPSA) is 48.5 Å². The van der Waals surface area contributed by atoms with Gasteiger partial charge in [0.25, 0.3) is 5.91 Å². The molecule has 2 aromatic rings. The number of benzene rings is 1. The highest BCUT2D eigenvalue weighted by atomic mass is 16.1. The van der Waals surface area contributed by atoms with E-state index in [9.17, 15) is 4.79 Å². The van der Waals surface area contributed by atoms with Crippen LogP contribution in [0, 0.1) is 0 Å². The van der Waals surface area contributed by atoms with Crippen LogP contribution in [0.3, 0.4) is 0 Å². The first kappa shape index (κ1) is 19.1. The van der Waals surface area contributed by atoms with Gasteiger partial charge in [0, 0.05) is 30.9 Å². The average molecular weight is 379 g/mol. The molecule has 1 aromatic carbocycles. The smallest absolute Gasteiger partial charge is 0.253 e. The lowest BCUT2D eigenvalue weighted by Crippen LogP contribution is -2.44. The van der Waals surface area contributed by atoms with Crippen molar-refractivity contribution in [2.45, 2.75) is 30.7 Å². The number of carbonyl (C=O) groups excluding carboxylic acids is 1. The number of carbonyl (C=O) groups is 1. The molecule has 0 radical (unpaired) electrons. The fourth-order valence-electron chi connectivity index (χ4n) is 4.78. The van der Waals surface area contributed by atoms with E-state index in [1.807, 2.05) is 12.1 Å². The second kappa shape index (κ2) is 8.02. The van der Waals surface area contributed by atoms with Crippen LogP contribution >= 0.6 is 0 Å². The lowest BCUT2D eigenvalue weighted by atomic mass is 9.73. The highest BCUT2D eigenvalue weighted by molar-refractivity contribution is 5.94. The summed E-state index contributed by atoms with van der Waals surface area (Å²) in [6, 6.07) is 12.4. The maximum Gasteiger partial charge on any atom is 0.253 e. The number of hydrogen-bond acceptors (Lipinski definition) is 4. The number of nitrogens with one attached hydrogen (secondary N) is 1. The molecule has 28 heavy (non-hydrogen) atoms. The number of likely N-dealkylation sites (N-methyl/N-ethyl adjacent to an activating group) is 1. The Morgan fingerprint density at radius 1 is 1.21 bits per heavy atom. The molecule has 1 fully saturated rings. The van der Waals surface area contributed by atoms with Crippen LogP contribution in [-0.4, -0.2) is 61.0 Å². The maximum absolute atomic E-state index is 12.7. The van der Waals surface area contributed by atoms with Crippen LogP contribution in [-0.2, 0) is 5.41 Å². The van der Waals surface area contributed by atoms with Crippen molar-refractivity contribution in [3.8, 4) is 0 Å². The van der Waals surface area contributed by atoms with Gasteiger partial charge in [-0.3, -0.25) is 9.78 Å². The largest absolute Gasteiger partial charge is 0.345 e. The summed E-state index contributed by atoms with van der Waals surface area (Å²) in [6.07, 6.45) is 6.66. The molecule has 148 valence electrons. The SMILES string of the molecule is CN(C)CCN1CCC2(CC1)C[C@@H](NC(=O)c1cccnc1)c1ccccc12. The second-order valence-corrected chi connectivity index (χ2v) is 8.48. The minimum atomic E-state index is -0.0339. The number of nitrogens with zero attached hydrogens (tertiary/aromatic N) is 3. The van der Waals surface area contributed by atoms with Crippen molar-refractivity contribution >= 4 is 5.91 Å². The molecule has 1 atom stereocenters. The predicted molar refractivity (Wildman–Crippen MR) is 111 cm³/mol. The molecular weight excluding hydrogens is 348 g/mol. The summed E-state index contributed by atoms with van der Waals surface area (Å²) in [4.78, 5) is 21.6. The minimum absolute atomic E-state index is 0.0339. The van der Waals surface area contributed by atoms with Gasteiger partial charge in [-0.2, -0.15) is 0 Å². The number of hydrogen-bond donors (Lipinski definition) is 1. The molecule has 2 aliphatic rings. The third-order valence-electron chi connectivity index (χ3n) is 6.41. The third kappa shape index (κ3) is 3.82. The fraction of sp³-hybridized carbons (Fsp3) is 0.478. The number of pyridine rings is 1. The Kier molecular flexibility index (Phi) is 5.47. The van der Waals surface area contributed by atoms with Gasteiger partial charge < -0.3 is 15.1 Å². The van der Waals surface area contributed by atoms with Gasteiger partial charge in [0.15, 0.2) is 0 Å². The molecule has 1 aromatic heterocycles. The zero-order valence-corrected chi connectivity index (χ0v) is 16.9. The number of aromatic nitrogens is 1. The van der Waals surface area contributed by atoms with Crippen molar-refractivity contribution in [1.82, 2.24) is 20.1 Å². The van der Waals surface area contributed by atoms with Gasteiger partial charge >= 0.3 is 0 Å². The normalized spacial score (nSPS) is 21.0. The molecule has 1 amide bonds. The van der Waals surface area contributed by atoms with Crippen molar-refractivity contribution in [2.75, 3.05) is 40.3 Å². The second-order valence-electron chi connectivity index (χ2n) is 8.48. The highest BCUT2D eigenvalue weighted by Gasteiger charge is 2.45. The predicted octanol–water partition coefficient (Wildman–Crippen LogP) is 2.85. The van der Waals surface area contributed by atoms with Crippen LogP contribution in [0.25, 0.3) is 0 Å². The van der Waals surface area contributed by atoms with Gasteiger partial charge in [0.2, 0.25) is 0 Å². The maximum atomic E-state index is 12.7. The van der Waals surface area contributed by atoms with Gasteiger partial charge in [-0.25, -0.2) is 0 Å². The standard InChI is InChI=1S/C23H30N4O/c1-26(2)14-15-27-12-9-23(10-13-27)16-21(19-7-3-4-8-20(19)23)25-22(28)18-6-5-11-24-17-18/h3-8,11,17,21H,9-10,12-16H2,1-2H3,(H,25,28)/t21-/m1/s1. The van der Waals surface area contributed by atoms with Crippen molar-refractivity contribution in [3.63, 3.8) is 0 Å². The van der Waals surface area contributed by atoms with E-state index in [1.54, 1.807) is 12.4 Å². The summed E-state index contributed by atoms with van der Waals surface area (Å²) < 4.78 is 0. The molecule has 1 saturated heterocycles. The van der Waals surface area contributed by atoms with Crippen LogP contribution in [0.15, 0.2) is 48.8 Å². The molecule has 1 aliphatic carbocycles. The Balaban J connectivity index is 1.48. The number of likely N-dealkylation sites (tertiary alicyclic amines) is 1. The minimum Gasteiger partial charge on any atom is -0.345 e. The Morgan fingerprint density at radius 3 is 2.71 bits per heavy atom. The number of amides is 1. The van der Waals surface area contributed by atoms with Crippen LogP contribution in [0.5, 0.6) is 0 Å². The van der Waals surface area contributed by atoms with Gasteiger partial charge in [-0.05, 0) is 69.7 Å². The summed E-state index contributed by atoms with van der Waals surface area (Å²) in [5.74, 6) is -0.0339. The fourth-order valence-corrected chi connectivity index (χ4v) is 4.78. The first-order valence-corrected chi connectivity index (χ1v) is 10.2. The molecule has 1 aliphatic heterocycles. The molecule has 0 bridgehead atoms. The number of fused-ring (bicyclic) bond motifs is 2. The molecular formula is C23H30N4O. The van der Waals surface area contributed by atoms with Crippen molar-refractivity contribution in [2.24, 2.45) is 0 Å². The van der Waals surface area contributed by atoms with Crippen molar-refractivity contribution in [3.05, 3.63) is 65.5 Å². The molecule has 4 rings (SSSR count). The molecule has 2 heterocycles. The van der Waals surface area contributed by atoms with Crippen LogP contribution in [0.2, 0.25) is 0 Å². The molecule has 1 N–H and O–H groups in total. The third-order valence-corrected chi connectivity index (χ3v) is 6.41. The Morgan fingerprint density at radius 2 is 2.00 bits per heavy atom. The summed E-state index contributed by atoms with van der Waals surface area (Å²) in [5, 5.41) is 3.28. The lowest BCUT2D eigenvalue weighted by molar-refractivity contribution is 0.0924. The van der Waals surface area contributed by atoms with Gasteiger partial charge in [0.05, 0.1) is 11.6 Å². The molecule has 0 saturated carbocycles. The van der Waals surface area contributed by atoms with Crippen LogP contribution < -0.4 is 5.32 Å². The highest BCUT2D eigenvalue weighted by Crippen LogP contribution is 2.50. The summed E-state index contributed by atoms with van der Waals surface area (Å²) in [5.41, 5.74) is 3.55. The first-order valence-electron chi connectivity index (χ1n) is 10.2. The zero-order chi connectivity index (χ0) is 19.6. The first-order chi connectivity index (χ1) is 13.6. The summed E-state index contributed by atoms with van der Waals surface area (Å²) in [7, 11) is 4.27. The van der Waals surface area contributed by atoms with E-state index in [2.05, 4.69) is 58.5 Å². The van der Waals surface area contributed by atoms with Crippen molar-refractivity contribution < 1.29 is 4.79 Å². The summed E-state index contributed by atoms with van der Waals surface area (Å²) >= 11 is 0. The van der Waals surface area contributed by atoms with E-state index in [-0.39, 0.29) is 17.4 Å². The number of piperidine rings is 1. The molecule has 5 nitrogen and oxygen atoms in total. The molecule has 1 spiro atoms. The van der Waals surface area contributed by atoms with Crippen LogP contribution in [0.4, 0.5) is 0 Å². The lowest BCUT2D eigenvalue weighted by Gasteiger charge is -2.40. The quantitative estimate of drug-likeness (QED) is 0.869. The van der Waals surface area contributed by atoms with Crippen LogP contribution in [0.1, 0.15) is 46.8 Å². The van der Waals surface area contributed by atoms with E-state index in [1.165, 1.54) is 11.1 Å². The Bertz CT molecular complexity index is 812. The van der Waals surface area contributed by atoms with E-state index in [4.69, 9.17) is 0 Å². The number of rotatable bonds is 5. The molecule has 0 unspecified atom stereocenters. The van der Waals surface area contributed by atoms with E-state index in [0.717, 1.165) is 45.4 Å². The van der Waals surface area contributed by atoms with E-state index in [0.29, 0.717) is 5.56 Å². The van der Waals surface area contributed by atoms with Gasteiger partial charge in [0.1, 0.15) is 0 Å². The van der Waals surface area contributed by atoms with Crippen molar-refractivity contribution in [1.29, 1.82) is 0 Å². The van der Waals surface area contributed by atoms with E-state index >= 15 is 0 Å². The monoisotopic (exact) mass is 378 g/mol. The van der Waals surface area contributed by atoms with E-state index < -0.39 is 0 Å².